The lowest BCUT2D eigenvalue weighted by Crippen LogP contribution is -2.14. The summed E-state index contributed by atoms with van der Waals surface area (Å²) in [5.74, 6) is 1.71. The number of nitro benzene ring substituents is 1. The molecule has 2 atom stereocenters. The predicted molar refractivity (Wildman–Crippen MR) is 83.9 cm³/mol. The summed E-state index contributed by atoms with van der Waals surface area (Å²) in [5.41, 5.74) is 0.593. The first-order valence-electron chi connectivity index (χ1n) is 7.65. The largest absolute Gasteiger partial charge is 0.484 e. The predicted octanol–water partition coefficient (Wildman–Crippen LogP) is 4.23. The van der Waals surface area contributed by atoms with E-state index in [2.05, 4.69) is 12.2 Å². The van der Waals surface area contributed by atoms with Gasteiger partial charge in [-0.2, -0.15) is 0 Å². The zero-order valence-electron chi connectivity index (χ0n) is 13.0. The van der Waals surface area contributed by atoms with Crippen LogP contribution in [0.3, 0.4) is 0 Å². The summed E-state index contributed by atoms with van der Waals surface area (Å²) >= 11 is 0. The van der Waals surface area contributed by atoms with Crippen molar-refractivity contribution in [3.63, 3.8) is 0 Å². The van der Waals surface area contributed by atoms with Crippen LogP contribution in [-0.2, 0) is 0 Å². The average Bonchev–Trinajstić information content (AvgIpc) is 2.81. The SMILES string of the molecule is CC1CCC(CNc2cccc(OC(C)C)c2[N+](=O)[O-])C1. The van der Waals surface area contributed by atoms with E-state index >= 15 is 0 Å². The fraction of sp³-hybridized carbons (Fsp3) is 0.625. The van der Waals surface area contributed by atoms with E-state index in [0.29, 0.717) is 17.4 Å². The second kappa shape index (κ2) is 6.78. The van der Waals surface area contributed by atoms with Crippen molar-refractivity contribution in [1.82, 2.24) is 0 Å². The Bertz CT molecular complexity index is 502. The highest BCUT2D eigenvalue weighted by Gasteiger charge is 2.24. The van der Waals surface area contributed by atoms with Crippen LogP contribution in [0.2, 0.25) is 0 Å². The molecule has 1 aromatic carbocycles. The van der Waals surface area contributed by atoms with Crippen molar-refractivity contribution in [3.05, 3.63) is 28.3 Å². The molecule has 0 heterocycles. The molecule has 2 rings (SSSR count). The van der Waals surface area contributed by atoms with Gasteiger partial charge in [0.1, 0.15) is 5.69 Å². The van der Waals surface area contributed by atoms with Crippen LogP contribution in [0.5, 0.6) is 5.75 Å². The van der Waals surface area contributed by atoms with Crippen LogP contribution in [0.25, 0.3) is 0 Å². The highest BCUT2D eigenvalue weighted by atomic mass is 16.6. The van der Waals surface area contributed by atoms with Crippen LogP contribution in [-0.4, -0.2) is 17.6 Å². The summed E-state index contributed by atoms with van der Waals surface area (Å²) in [6, 6.07) is 5.20. The monoisotopic (exact) mass is 292 g/mol. The molecule has 1 aromatic rings. The highest BCUT2D eigenvalue weighted by Crippen LogP contribution is 2.36. The van der Waals surface area contributed by atoms with Gasteiger partial charge in [0, 0.05) is 6.54 Å². The molecule has 0 bridgehead atoms. The van der Waals surface area contributed by atoms with E-state index < -0.39 is 0 Å². The average molecular weight is 292 g/mol. The van der Waals surface area contributed by atoms with Gasteiger partial charge in [0.05, 0.1) is 11.0 Å². The molecule has 2 unspecified atom stereocenters. The molecular formula is C16H24N2O3. The number of ether oxygens (including phenoxy) is 1. The van der Waals surface area contributed by atoms with Crippen LogP contribution in [0.15, 0.2) is 18.2 Å². The maximum Gasteiger partial charge on any atom is 0.333 e. The molecule has 0 aromatic heterocycles. The van der Waals surface area contributed by atoms with Gasteiger partial charge in [-0.15, -0.1) is 0 Å². The molecule has 21 heavy (non-hydrogen) atoms. The third kappa shape index (κ3) is 4.09. The summed E-state index contributed by atoms with van der Waals surface area (Å²) in [4.78, 5) is 11.0. The molecule has 1 saturated carbocycles. The molecular weight excluding hydrogens is 268 g/mol. The zero-order chi connectivity index (χ0) is 15.4. The molecule has 5 nitrogen and oxygen atoms in total. The van der Waals surface area contributed by atoms with Crippen molar-refractivity contribution >= 4 is 11.4 Å². The van der Waals surface area contributed by atoms with Gasteiger partial charge in [0.25, 0.3) is 0 Å². The van der Waals surface area contributed by atoms with Crippen molar-refractivity contribution in [3.8, 4) is 5.75 Å². The number of rotatable bonds is 6. The second-order valence-electron chi connectivity index (χ2n) is 6.24. The fourth-order valence-electron chi connectivity index (χ4n) is 2.97. The number of hydrogen-bond donors (Lipinski definition) is 1. The molecule has 0 aliphatic heterocycles. The number of nitro groups is 1. The van der Waals surface area contributed by atoms with E-state index in [1.807, 2.05) is 13.8 Å². The molecule has 0 saturated heterocycles. The van der Waals surface area contributed by atoms with Crippen LogP contribution >= 0.6 is 0 Å². The van der Waals surface area contributed by atoms with E-state index in [1.165, 1.54) is 19.3 Å². The van der Waals surface area contributed by atoms with Gasteiger partial charge in [-0.25, -0.2) is 0 Å². The Labute approximate surface area is 125 Å². The van der Waals surface area contributed by atoms with Crippen molar-refractivity contribution in [2.75, 3.05) is 11.9 Å². The molecule has 5 heteroatoms. The fourth-order valence-corrected chi connectivity index (χ4v) is 2.97. The lowest BCUT2D eigenvalue weighted by atomic mass is 10.1. The van der Waals surface area contributed by atoms with Crippen molar-refractivity contribution in [1.29, 1.82) is 0 Å². The van der Waals surface area contributed by atoms with E-state index in [-0.39, 0.29) is 16.7 Å². The van der Waals surface area contributed by atoms with Gasteiger partial charge in [-0.3, -0.25) is 10.1 Å². The Balaban J connectivity index is 2.12. The number of benzene rings is 1. The van der Waals surface area contributed by atoms with Crippen molar-refractivity contribution in [2.45, 2.75) is 46.1 Å². The summed E-state index contributed by atoms with van der Waals surface area (Å²) in [6.45, 7) is 6.78. The van der Waals surface area contributed by atoms with E-state index in [9.17, 15) is 10.1 Å². The molecule has 1 fully saturated rings. The molecule has 1 aliphatic carbocycles. The van der Waals surface area contributed by atoms with Gasteiger partial charge >= 0.3 is 5.69 Å². The van der Waals surface area contributed by atoms with Crippen LogP contribution < -0.4 is 10.1 Å². The van der Waals surface area contributed by atoms with Gasteiger partial charge < -0.3 is 10.1 Å². The lowest BCUT2D eigenvalue weighted by Gasteiger charge is -2.15. The van der Waals surface area contributed by atoms with Gasteiger partial charge in [-0.05, 0) is 50.7 Å². The minimum atomic E-state index is -0.364. The molecule has 0 amide bonds. The Kier molecular flexibility index (Phi) is 5.04. The van der Waals surface area contributed by atoms with Crippen LogP contribution in [0.1, 0.15) is 40.0 Å². The Morgan fingerprint density at radius 1 is 1.43 bits per heavy atom. The summed E-state index contributed by atoms with van der Waals surface area (Å²) in [7, 11) is 0. The standard InChI is InChI=1S/C16H24N2O3/c1-11(2)21-15-6-4-5-14(16(15)18(19)20)17-10-13-8-7-12(3)9-13/h4-6,11-13,17H,7-10H2,1-3H3. The lowest BCUT2D eigenvalue weighted by molar-refractivity contribution is -0.385. The summed E-state index contributed by atoms with van der Waals surface area (Å²) in [5, 5.41) is 14.6. The van der Waals surface area contributed by atoms with Gasteiger partial charge in [0.15, 0.2) is 5.75 Å². The minimum absolute atomic E-state index is 0.0391. The van der Waals surface area contributed by atoms with Crippen LogP contribution in [0.4, 0.5) is 11.4 Å². The number of nitrogens with zero attached hydrogens (tertiary/aromatic N) is 1. The number of hydrogen-bond acceptors (Lipinski definition) is 4. The first kappa shape index (κ1) is 15.6. The first-order valence-corrected chi connectivity index (χ1v) is 7.65. The van der Waals surface area contributed by atoms with Crippen LogP contribution in [0, 0.1) is 22.0 Å². The summed E-state index contributed by atoms with van der Waals surface area (Å²) < 4.78 is 5.55. The minimum Gasteiger partial charge on any atom is -0.484 e. The Hall–Kier alpha value is -1.78. The normalized spacial score (nSPS) is 21.5. The van der Waals surface area contributed by atoms with Crippen molar-refractivity contribution < 1.29 is 9.66 Å². The van der Waals surface area contributed by atoms with Gasteiger partial charge in [-0.1, -0.05) is 19.4 Å². The Morgan fingerprint density at radius 2 is 2.19 bits per heavy atom. The van der Waals surface area contributed by atoms with E-state index in [0.717, 1.165) is 12.5 Å². The molecule has 116 valence electrons. The van der Waals surface area contributed by atoms with Gasteiger partial charge in [0.2, 0.25) is 0 Å². The molecule has 0 spiro atoms. The topological polar surface area (TPSA) is 64.4 Å². The number of anilines is 1. The molecule has 1 N–H and O–H groups in total. The maximum atomic E-state index is 11.4. The zero-order valence-corrected chi connectivity index (χ0v) is 13.0. The smallest absolute Gasteiger partial charge is 0.333 e. The number of para-hydroxylation sites is 1. The summed E-state index contributed by atoms with van der Waals surface area (Å²) in [6.07, 6.45) is 3.56. The van der Waals surface area contributed by atoms with Crippen molar-refractivity contribution in [2.24, 2.45) is 11.8 Å². The second-order valence-corrected chi connectivity index (χ2v) is 6.24. The third-order valence-electron chi connectivity index (χ3n) is 3.93. The molecule has 0 radical (unpaired) electrons. The first-order chi connectivity index (χ1) is 9.97. The maximum absolute atomic E-state index is 11.4. The van der Waals surface area contributed by atoms with E-state index in [1.54, 1.807) is 18.2 Å². The molecule has 1 aliphatic rings. The van der Waals surface area contributed by atoms with E-state index in [4.69, 9.17) is 4.74 Å². The number of nitrogens with one attached hydrogen (secondary N) is 1. The Morgan fingerprint density at radius 3 is 2.76 bits per heavy atom. The third-order valence-corrected chi connectivity index (χ3v) is 3.93. The quantitative estimate of drug-likeness (QED) is 0.629. The highest BCUT2D eigenvalue weighted by molar-refractivity contribution is 5.68.